The summed E-state index contributed by atoms with van der Waals surface area (Å²) in [6, 6.07) is 26.1. The molecule has 0 saturated heterocycles. The molecule has 0 aliphatic heterocycles. The van der Waals surface area contributed by atoms with E-state index in [2.05, 4.69) is 96.0 Å². The highest BCUT2D eigenvalue weighted by Gasteiger charge is 2.22. The van der Waals surface area contributed by atoms with Crippen LogP contribution in [0.3, 0.4) is 0 Å². The standard InChI is InChI=1S/C23H26ClN.C22H24ClN/c1-2-3-4-18-7-12-21(13-8-18)22-14-9-19(10-15-22)5-6-20-11-16-23(24)25-17-20;1-2-3-17-6-11-20(12-7-17)21-13-8-18(9-14-21)4-5-19-10-15-22(23)24-16-19/h7-8,11-13,16-17,19,22H,2-4,9-10,14-15H2,1H3;6-7,10-12,15-16,18,21H,2-3,8-9,13-14H2,1H3. The Morgan fingerprint density at radius 3 is 1.33 bits per heavy atom. The van der Waals surface area contributed by atoms with Crippen LogP contribution in [0.15, 0.2) is 85.2 Å². The van der Waals surface area contributed by atoms with Gasteiger partial charge in [0.2, 0.25) is 0 Å². The van der Waals surface area contributed by atoms with E-state index < -0.39 is 0 Å². The summed E-state index contributed by atoms with van der Waals surface area (Å²) < 4.78 is 0. The molecule has 2 aromatic carbocycles. The zero-order chi connectivity index (χ0) is 34.3. The highest BCUT2D eigenvalue weighted by molar-refractivity contribution is 6.29. The van der Waals surface area contributed by atoms with Crippen LogP contribution in [0.25, 0.3) is 0 Å². The second-order valence-electron chi connectivity index (χ2n) is 13.7. The number of hydrogen-bond donors (Lipinski definition) is 0. The molecule has 0 radical (unpaired) electrons. The topological polar surface area (TPSA) is 25.8 Å². The third kappa shape index (κ3) is 12.1. The molecule has 2 saturated carbocycles. The lowest BCUT2D eigenvalue weighted by molar-refractivity contribution is 0.384. The van der Waals surface area contributed by atoms with Gasteiger partial charge in [0.15, 0.2) is 0 Å². The van der Waals surface area contributed by atoms with Crippen LogP contribution >= 0.6 is 23.2 Å². The molecule has 2 aliphatic carbocycles. The Morgan fingerprint density at radius 1 is 0.531 bits per heavy atom. The first kappa shape index (κ1) is 36.7. The first-order valence-electron chi connectivity index (χ1n) is 18.4. The van der Waals surface area contributed by atoms with Gasteiger partial charge in [-0.3, -0.25) is 0 Å². The van der Waals surface area contributed by atoms with E-state index in [1.54, 1.807) is 24.5 Å². The number of unbranched alkanes of at least 4 members (excludes halogenated alkanes) is 1. The van der Waals surface area contributed by atoms with Crippen molar-refractivity contribution in [1.82, 2.24) is 9.97 Å². The average molecular weight is 690 g/mol. The summed E-state index contributed by atoms with van der Waals surface area (Å²) in [7, 11) is 0. The molecule has 49 heavy (non-hydrogen) atoms. The van der Waals surface area contributed by atoms with Crippen molar-refractivity contribution < 1.29 is 0 Å². The summed E-state index contributed by atoms with van der Waals surface area (Å²) in [6.45, 7) is 4.48. The van der Waals surface area contributed by atoms with Crippen molar-refractivity contribution in [1.29, 1.82) is 0 Å². The van der Waals surface area contributed by atoms with Gasteiger partial charge >= 0.3 is 0 Å². The van der Waals surface area contributed by atoms with Crippen molar-refractivity contribution in [2.24, 2.45) is 11.8 Å². The smallest absolute Gasteiger partial charge is 0.129 e. The molecular weight excluding hydrogens is 639 g/mol. The summed E-state index contributed by atoms with van der Waals surface area (Å²) >= 11 is 11.6. The van der Waals surface area contributed by atoms with Gasteiger partial charge < -0.3 is 0 Å². The van der Waals surface area contributed by atoms with E-state index in [9.17, 15) is 0 Å². The highest BCUT2D eigenvalue weighted by Crippen LogP contribution is 2.37. The molecule has 4 heteroatoms. The summed E-state index contributed by atoms with van der Waals surface area (Å²) in [4.78, 5) is 8.16. The molecule has 6 rings (SSSR count). The van der Waals surface area contributed by atoms with Gasteiger partial charge in [-0.05, 0) is 129 Å². The van der Waals surface area contributed by atoms with Crippen molar-refractivity contribution in [3.05, 3.63) is 129 Å². The first-order chi connectivity index (χ1) is 24.0. The second-order valence-corrected chi connectivity index (χ2v) is 14.5. The summed E-state index contributed by atoms with van der Waals surface area (Å²) in [5.74, 6) is 15.8. The van der Waals surface area contributed by atoms with Crippen LogP contribution < -0.4 is 0 Å². The molecular formula is C45H50Cl2N2. The maximum absolute atomic E-state index is 5.81. The molecule has 0 bridgehead atoms. The van der Waals surface area contributed by atoms with Crippen LogP contribution in [-0.2, 0) is 12.8 Å². The van der Waals surface area contributed by atoms with E-state index in [0.717, 1.165) is 11.1 Å². The van der Waals surface area contributed by atoms with Gasteiger partial charge in [0.25, 0.3) is 0 Å². The molecule has 2 fully saturated rings. The fraction of sp³-hybridized carbons (Fsp3) is 0.422. The number of benzene rings is 2. The normalized spacial score (nSPS) is 20.1. The fourth-order valence-corrected chi connectivity index (χ4v) is 7.22. The van der Waals surface area contributed by atoms with E-state index in [4.69, 9.17) is 23.2 Å². The van der Waals surface area contributed by atoms with Gasteiger partial charge in [-0.25, -0.2) is 9.97 Å². The van der Waals surface area contributed by atoms with Gasteiger partial charge in [0.05, 0.1) is 0 Å². The van der Waals surface area contributed by atoms with Gasteiger partial charge in [-0.2, -0.15) is 0 Å². The number of aryl methyl sites for hydroxylation is 2. The molecule has 0 spiro atoms. The van der Waals surface area contributed by atoms with Crippen molar-refractivity contribution in [3.8, 4) is 23.7 Å². The average Bonchev–Trinajstić information content (AvgIpc) is 3.15. The Hall–Kier alpha value is -3.56. The van der Waals surface area contributed by atoms with E-state index in [0.29, 0.717) is 34.0 Å². The molecule has 2 aliphatic rings. The summed E-state index contributed by atoms with van der Waals surface area (Å²) in [5.41, 5.74) is 7.85. The van der Waals surface area contributed by atoms with Crippen molar-refractivity contribution >= 4 is 23.2 Å². The van der Waals surface area contributed by atoms with Crippen LogP contribution in [0, 0.1) is 35.5 Å². The monoisotopic (exact) mass is 688 g/mol. The number of hydrogen-bond acceptors (Lipinski definition) is 2. The summed E-state index contributed by atoms with van der Waals surface area (Å²) in [6.07, 6.45) is 19.4. The Labute approximate surface area is 305 Å². The first-order valence-corrected chi connectivity index (χ1v) is 19.2. The van der Waals surface area contributed by atoms with Gasteiger partial charge in [-0.1, -0.05) is 122 Å². The minimum Gasteiger partial charge on any atom is -0.243 e. The SMILES string of the molecule is CCCCc1ccc(C2CCC(C#Cc3ccc(Cl)nc3)CC2)cc1.CCCc1ccc(C2CCC(C#Cc3ccc(Cl)nc3)CC2)cc1. The number of aromatic nitrogens is 2. The number of rotatable bonds is 7. The quantitative estimate of drug-likeness (QED) is 0.143. The van der Waals surface area contributed by atoms with Crippen LogP contribution in [0.5, 0.6) is 0 Å². The molecule has 0 atom stereocenters. The largest absolute Gasteiger partial charge is 0.243 e. The number of pyridine rings is 2. The molecule has 4 aromatic rings. The van der Waals surface area contributed by atoms with E-state index in [-0.39, 0.29) is 0 Å². The molecule has 254 valence electrons. The number of halogens is 2. The Morgan fingerprint density at radius 2 is 0.959 bits per heavy atom. The van der Waals surface area contributed by atoms with E-state index in [1.807, 2.05) is 12.1 Å². The Balaban J connectivity index is 0.000000191. The maximum Gasteiger partial charge on any atom is 0.129 e. The third-order valence-corrected chi connectivity index (χ3v) is 10.5. The van der Waals surface area contributed by atoms with Gasteiger partial charge in [-0.15, -0.1) is 0 Å². The molecule has 0 amide bonds. The fourth-order valence-electron chi connectivity index (χ4n) is 6.99. The van der Waals surface area contributed by atoms with Gasteiger partial charge in [0, 0.05) is 35.4 Å². The molecule has 0 unspecified atom stereocenters. The molecule has 2 heterocycles. The molecule has 2 nitrogen and oxygen atoms in total. The molecule has 0 N–H and O–H groups in total. The van der Waals surface area contributed by atoms with Crippen LogP contribution in [-0.4, -0.2) is 9.97 Å². The minimum atomic E-state index is 0.510. The number of nitrogens with zero attached hydrogens (tertiary/aromatic N) is 2. The zero-order valence-corrected chi connectivity index (χ0v) is 30.7. The lowest BCUT2D eigenvalue weighted by Gasteiger charge is -2.26. The third-order valence-electron chi connectivity index (χ3n) is 10.0. The van der Waals surface area contributed by atoms with Crippen LogP contribution in [0.2, 0.25) is 10.3 Å². The molecule has 2 aromatic heterocycles. The van der Waals surface area contributed by atoms with E-state index >= 15 is 0 Å². The van der Waals surface area contributed by atoms with Crippen molar-refractivity contribution in [3.63, 3.8) is 0 Å². The van der Waals surface area contributed by atoms with Crippen molar-refractivity contribution in [2.45, 2.75) is 109 Å². The van der Waals surface area contributed by atoms with E-state index in [1.165, 1.54) is 106 Å². The summed E-state index contributed by atoms with van der Waals surface area (Å²) in [5, 5.41) is 1.04. The predicted molar refractivity (Wildman–Crippen MR) is 207 cm³/mol. The lowest BCUT2D eigenvalue weighted by atomic mass is 9.79. The minimum absolute atomic E-state index is 0.510. The zero-order valence-electron chi connectivity index (χ0n) is 29.2. The van der Waals surface area contributed by atoms with Crippen LogP contribution in [0.1, 0.15) is 130 Å². The Kier molecular flexibility index (Phi) is 14.7. The lowest BCUT2D eigenvalue weighted by Crippen LogP contribution is -2.12. The maximum atomic E-state index is 5.81. The van der Waals surface area contributed by atoms with Gasteiger partial charge in [0.1, 0.15) is 10.3 Å². The second kappa shape index (κ2) is 19.6. The highest BCUT2D eigenvalue weighted by atomic mass is 35.5. The predicted octanol–water partition coefficient (Wildman–Crippen LogP) is 12.4. The van der Waals surface area contributed by atoms with Crippen LogP contribution in [0.4, 0.5) is 0 Å². The Bertz CT molecular complexity index is 1670. The van der Waals surface area contributed by atoms with Crippen molar-refractivity contribution in [2.75, 3.05) is 0 Å².